The van der Waals surface area contributed by atoms with Crippen LogP contribution in [0, 0.1) is 11.8 Å². The largest absolute Gasteiger partial charge is 0.464 e. The van der Waals surface area contributed by atoms with Crippen LogP contribution in [0.1, 0.15) is 46.0 Å². The number of esters is 1. The molecule has 0 aromatic rings. The molecule has 0 aromatic heterocycles. The second-order valence-electron chi connectivity index (χ2n) is 5.46. The molecule has 2 rings (SSSR count). The third-order valence-corrected chi connectivity index (χ3v) is 4.27. The number of likely N-dealkylation sites (tertiary alicyclic amines) is 1. The second kappa shape index (κ2) is 5.72. The lowest BCUT2D eigenvalue weighted by atomic mass is 9.96. The first-order valence-electron chi connectivity index (χ1n) is 7.12. The lowest BCUT2D eigenvalue weighted by Gasteiger charge is -2.27. The van der Waals surface area contributed by atoms with Crippen LogP contribution in [-0.4, -0.2) is 36.0 Å². The summed E-state index contributed by atoms with van der Waals surface area (Å²) in [6.07, 6.45) is 4.91. The van der Waals surface area contributed by atoms with Crippen LogP contribution >= 0.6 is 0 Å². The fraction of sp³-hybridized carbons (Fsp3) is 0.857. The van der Waals surface area contributed by atoms with Crippen LogP contribution in [0.2, 0.25) is 0 Å². The van der Waals surface area contributed by atoms with Gasteiger partial charge in [-0.25, -0.2) is 4.79 Å². The third kappa shape index (κ3) is 2.52. The van der Waals surface area contributed by atoms with Crippen molar-refractivity contribution in [3.05, 3.63) is 0 Å². The van der Waals surface area contributed by atoms with Crippen molar-refractivity contribution in [3.8, 4) is 0 Å². The summed E-state index contributed by atoms with van der Waals surface area (Å²) >= 11 is 0. The zero-order valence-corrected chi connectivity index (χ0v) is 11.4. The van der Waals surface area contributed by atoms with Crippen LogP contribution in [0.5, 0.6) is 0 Å². The molecule has 1 saturated carbocycles. The molecule has 0 radical (unpaired) electrons. The van der Waals surface area contributed by atoms with Gasteiger partial charge in [0, 0.05) is 12.5 Å². The van der Waals surface area contributed by atoms with Gasteiger partial charge in [0.25, 0.3) is 0 Å². The quantitative estimate of drug-likeness (QED) is 0.722. The Morgan fingerprint density at radius 1 is 1.22 bits per heavy atom. The Labute approximate surface area is 109 Å². The predicted molar refractivity (Wildman–Crippen MR) is 67.9 cm³/mol. The van der Waals surface area contributed by atoms with Crippen LogP contribution in [0.3, 0.4) is 0 Å². The lowest BCUT2D eigenvalue weighted by Crippen LogP contribution is -2.44. The molecule has 0 spiro atoms. The molecule has 4 heteroatoms. The number of ether oxygens (including phenoxy) is 1. The maximum Gasteiger partial charge on any atom is 0.328 e. The Morgan fingerprint density at radius 3 is 2.61 bits per heavy atom. The Hall–Kier alpha value is -1.06. The van der Waals surface area contributed by atoms with E-state index in [-0.39, 0.29) is 23.8 Å². The molecule has 1 heterocycles. The molecule has 1 aliphatic heterocycles. The van der Waals surface area contributed by atoms with Crippen molar-refractivity contribution in [1.82, 2.24) is 4.90 Å². The van der Waals surface area contributed by atoms with E-state index in [1.54, 1.807) is 11.8 Å². The molecular formula is C14H23NO3. The number of carbonyl (C=O) groups is 2. The highest BCUT2D eigenvalue weighted by molar-refractivity contribution is 5.86. The first-order chi connectivity index (χ1) is 8.65. The van der Waals surface area contributed by atoms with Crippen LogP contribution in [-0.2, 0) is 14.3 Å². The van der Waals surface area contributed by atoms with Crippen molar-refractivity contribution >= 4 is 11.9 Å². The zero-order chi connectivity index (χ0) is 13.1. The van der Waals surface area contributed by atoms with E-state index in [4.69, 9.17) is 4.74 Å². The predicted octanol–water partition coefficient (Wildman–Crippen LogP) is 1.98. The van der Waals surface area contributed by atoms with E-state index in [1.165, 1.54) is 0 Å². The summed E-state index contributed by atoms with van der Waals surface area (Å²) in [6.45, 7) is 5.05. The van der Waals surface area contributed by atoms with Crippen molar-refractivity contribution in [1.29, 1.82) is 0 Å². The van der Waals surface area contributed by atoms with Gasteiger partial charge in [-0.1, -0.05) is 13.3 Å². The normalized spacial score (nSPS) is 31.7. The second-order valence-corrected chi connectivity index (χ2v) is 5.46. The maximum atomic E-state index is 12.5. The third-order valence-electron chi connectivity index (χ3n) is 4.27. The zero-order valence-electron chi connectivity index (χ0n) is 11.4. The smallest absolute Gasteiger partial charge is 0.328 e. The first-order valence-corrected chi connectivity index (χ1v) is 7.12. The van der Waals surface area contributed by atoms with Crippen LogP contribution in [0.25, 0.3) is 0 Å². The standard InChI is InChI=1S/C14H23NO3/c1-3-18-14(17)12-8-5-9-15(12)13(16)11-7-4-6-10(11)2/h10-12H,3-9H2,1-2H3. The van der Waals surface area contributed by atoms with Gasteiger partial charge >= 0.3 is 5.97 Å². The molecule has 102 valence electrons. The average molecular weight is 253 g/mol. The van der Waals surface area contributed by atoms with Crippen LogP contribution in [0.15, 0.2) is 0 Å². The molecule has 1 amide bonds. The monoisotopic (exact) mass is 253 g/mol. The summed E-state index contributed by atoms with van der Waals surface area (Å²) in [5.74, 6) is 0.533. The summed E-state index contributed by atoms with van der Waals surface area (Å²) < 4.78 is 5.06. The highest BCUT2D eigenvalue weighted by Gasteiger charge is 2.40. The molecule has 2 aliphatic rings. The summed E-state index contributed by atoms with van der Waals surface area (Å²) in [6, 6.07) is -0.328. The van der Waals surface area contributed by atoms with E-state index in [0.29, 0.717) is 19.1 Å². The number of hydrogen-bond donors (Lipinski definition) is 0. The van der Waals surface area contributed by atoms with E-state index in [1.807, 2.05) is 0 Å². The molecule has 3 atom stereocenters. The van der Waals surface area contributed by atoms with Gasteiger partial charge in [-0.15, -0.1) is 0 Å². The van der Waals surface area contributed by atoms with E-state index >= 15 is 0 Å². The van der Waals surface area contributed by atoms with Gasteiger partial charge in [0.1, 0.15) is 6.04 Å². The molecule has 1 aliphatic carbocycles. The van der Waals surface area contributed by atoms with Gasteiger partial charge in [-0.05, 0) is 38.5 Å². The lowest BCUT2D eigenvalue weighted by molar-refractivity contribution is -0.154. The van der Waals surface area contributed by atoms with Gasteiger partial charge < -0.3 is 9.64 Å². The minimum atomic E-state index is -0.328. The molecular weight excluding hydrogens is 230 g/mol. The molecule has 1 saturated heterocycles. The Bertz CT molecular complexity index is 329. The van der Waals surface area contributed by atoms with Gasteiger partial charge in [0.05, 0.1) is 6.61 Å². The highest BCUT2D eigenvalue weighted by atomic mass is 16.5. The molecule has 18 heavy (non-hydrogen) atoms. The van der Waals surface area contributed by atoms with Crippen molar-refractivity contribution in [2.75, 3.05) is 13.2 Å². The Balaban J connectivity index is 2.02. The van der Waals surface area contributed by atoms with Gasteiger partial charge in [0.2, 0.25) is 5.91 Å². The Morgan fingerprint density at radius 2 is 2.00 bits per heavy atom. The van der Waals surface area contributed by atoms with Crippen LogP contribution < -0.4 is 0 Å². The fourth-order valence-corrected chi connectivity index (χ4v) is 3.24. The molecule has 0 N–H and O–H groups in total. The summed E-state index contributed by atoms with van der Waals surface area (Å²) in [5.41, 5.74) is 0. The van der Waals surface area contributed by atoms with Gasteiger partial charge in [-0.2, -0.15) is 0 Å². The van der Waals surface area contributed by atoms with Crippen molar-refractivity contribution < 1.29 is 14.3 Å². The highest BCUT2D eigenvalue weighted by Crippen LogP contribution is 2.34. The Kier molecular flexibility index (Phi) is 4.25. The average Bonchev–Trinajstić information content (AvgIpc) is 2.96. The molecule has 0 aromatic carbocycles. The number of hydrogen-bond acceptors (Lipinski definition) is 3. The summed E-state index contributed by atoms with van der Waals surface area (Å²) in [7, 11) is 0. The minimum absolute atomic E-state index is 0.125. The SMILES string of the molecule is CCOC(=O)C1CCCN1C(=O)C1CCCC1C. The first kappa shape index (κ1) is 13.4. The van der Waals surface area contributed by atoms with E-state index in [2.05, 4.69) is 6.92 Å². The summed E-state index contributed by atoms with van der Waals surface area (Å²) in [5, 5.41) is 0. The van der Waals surface area contributed by atoms with E-state index < -0.39 is 0 Å². The maximum absolute atomic E-state index is 12.5. The van der Waals surface area contributed by atoms with E-state index in [0.717, 1.165) is 32.1 Å². The molecule has 3 unspecified atom stereocenters. The van der Waals surface area contributed by atoms with Crippen molar-refractivity contribution in [2.45, 2.75) is 52.0 Å². The molecule has 0 bridgehead atoms. The molecule has 4 nitrogen and oxygen atoms in total. The molecule has 2 fully saturated rings. The summed E-state index contributed by atoms with van der Waals surface area (Å²) in [4.78, 5) is 26.1. The van der Waals surface area contributed by atoms with Crippen molar-refractivity contribution in [2.24, 2.45) is 11.8 Å². The number of amides is 1. The van der Waals surface area contributed by atoms with Gasteiger partial charge in [0.15, 0.2) is 0 Å². The fourth-order valence-electron chi connectivity index (χ4n) is 3.24. The topological polar surface area (TPSA) is 46.6 Å². The van der Waals surface area contributed by atoms with Crippen molar-refractivity contribution in [3.63, 3.8) is 0 Å². The van der Waals surface area contributed by atoms with Crippen LogP contribution in [0.4, 0.5) is 0 Å². The van der Waals surface area contributed by atoms with Gasteiger partial charge in [-0.3, -0.25) is 4.79 Å². The number of nitrogens with zero attached hydrogens (tertiary/aromatic N) is 1. The number of rotatable bonds is 3. The minimum Gasteiger partial charge on any atom is -0.464 e. The van der Waals surface area contributed by atoms with E-state index in [9.17, 15) is 9.59 Å². The number of carbonyl (C=O) groups excluding carboxylic acids is 2.